The van der Waals surface area contributed by atoms with E-state index in [4.69, 9.17) is 37.0 Å². The molecule has 0 aliphatic heterocycles. The van der Waals surface area contributed by atoms with Gasteiger partial charge in [-0.05, 0) is 31.6 Å². The van der Waals surface area contributed by atoms with E-state index in [1.54, 1.807) is 0 Å². The highest BCUT2D eigenvalue weighted by Gasteiger charge is 2.30. The standard InChI is InChI=1S/C72H140O17P2/c1-6-9-12-15-18-21-24-27-29-31-34-37-42-48-53-58-72(77)88-67(61-82-69(74)55-50-45-40-35-33-30-28-25-22-19-16-13-10-7-2)63-86-90(78,79)84-59-66(73)60-85-91(80,81)87-64-68(62-83-70(75)56-51-46-43-38-39-44-49-54-65(4)5)89-71(76)57-52-47-41-36-32-26-23-20-17-14-11-8-3/h65-68,73H,6-64H2,1-5H3,(H,78,79)(H,80,81)/t66-,67-,68-/m1/s1. The van der Waals surface area contributed by atoms with Gasteiger partial charge >= 0.3 is 39.5 Å². The van der Waals surface area contributed by atoms with E-state index in [0.29, 0.717) is 31.6 Å². The molecule has 0 aromatic rings. The molecule has 0 aromatic heterocycles. The van der Waals surface area contributed by atoms with Gasteiger partial charge in [-0.25, -0.2) is 9.13 Å². The molecular weight excluding hydrogens is 1200 g/mol. The van der Waals surface area contributed by atoms with E-state index in [1.807, 2.05) is 0 Å². The van der Waals surface area contributed by atoms with Crippen LogP contribution in [0.4, 0.5) is 0 Å². The summed E-state index contributed by atoms with van der Waals surface area (Å²) >= 11 is 0. The van der Waals surface area contributed by atoms with Gasteiger partial charge in [0.1, 0.15) is 19.3 Å². The maximum Gasteiger partial charge on any atom is 0.472 e. The number of carbonyl (C=O) groups is 4. The van der Waals surface area contributed by atoms with Gasteiger partial charge in [0.25, 0.3) is 0 Å². The number of aliphatic hydroxyl groups is 1. The van der Waals surface area contributed by atoms with Crippen molar-refractivity contribution in [3.63, 3.8) is 0 Å². The highest BCUT2D eigenvalue weighted by Crippen LogP contribution is 2.45. The fourth-order valence-electron chi connectivity index (χ4n) is 11.0. The van der Waals surface area contributed by atoms with Crippen LogP contribution >= 0.6 is 15.6 Å². The van der Waals surface area contributed by atoms with Crippen molar-refractivity contribution in [1.29, 1.82) is 0 Å². The van der Waals surface area contributed by atoms with Gasteiger partial charge in [0, 0.05) is 25.7 Å². The van der Waals surface area contributed by atoms with E-state index < -0.39 is 97.5 Å². The van der Waals surface area contributed by atoms with E-state index in [0.717, 1.165) is 96.3 Å². The largest absolute Gasteiger partial charge is 0.472 e. The van der Waals surface area contributed by atoms with E-state index >= 15 is 0 Å². The quantitative estimate of drug-likeness (QED) is 0.0222. The topological polar surface area (TPSA) is 237 Å². The Bertz CT molecular complexity index is 1750. The molecule has 0 rings (SSSR count). The predicted octanol–water partition coefficient (Wildman–Crippen LogP) is 20.9. The minimum Gasteiger partial charge on any atom is -0.462 e. The van der Waals surface area contributed by atoms with Gasteiger partial charge in [-0.15, -0.1) is 0 Å². The molecule has 0 saturated carbocycles. The molecule has 0 fully saturated rings. The monoisotopic (exact) mass is 1340 g/mol. The Kier molecular flexibility index (Phi) is 64.0. The SMILES string of the molecule is CCCCCCCCCCCCCCCCCC(=O)O[C@H](COC(=O)CCCCCCCCCCCCCCCC)COP(=O)(O)OC[C@@H](O)COP(=O)(O)OC[C@@H](COC(=O)CCCCCCCCCC(C)C)OC(=O)CCCCCCCCCCCCCC. The van der Waals surface area contributed by atoms with Crippen LogP contribution in [0.2, 0.25) is 0 Å². The Balaban J connectivity index is 5.25. The van der Waals surface area contributed by atoms with Crippen LogP contribution in [0.5, 0.6) is 0 Å². The number of phosphoric acid groups is 2. The zero-order valence-corrected chi connectivity index (χ0v) is 60.8. The minimum absolute atomic E-state index is 0.107. The van der Waals surface area contributed by atoms with Crippen LogP contribution in [0.3, 0.4) is 0 Å². The van der Waals surface area contributed by atoms with Gasteiger partial charge < -0.3 is 33.8 Å². The fraction of sp³-hybridized carbons (Fsp3) is 0.944. The maximum atomic E-state index is 13.0. The van der Waals surface area contributed by atoms with Crippen LogP contribution in [0, 0.1) is 5.92 Å². The van der Waals surface area contributed by atoms with E-state index in [-0.39, 0.29) is 25.7 Å². The lowest BCUT2D eigenvalue weighted by molar-refractivity contribution is -0.161. The zero-order chi connectivity index (χ0) is 67.0. The normalized spacial score (nSPS) is 14.0. The van der Waals surface area contributed by atoms with Crippen molar-refractivity contribution in [2.24, 2.45) is 5.92 Å². The molecular formula is C72H140O17P2. The molecule has 5 atom stereocenters. The number of esters is 4. The van der Waals surface area contributed by atoms with Crippen molar-refractivity contribution in [2.45, 2.75) is 393 Å². The number of hydrogen-bond acceptors (Lipinski definition) is 15. The van der Waals surface area contributed by atoms with E-state index in [1.165, 1.54) is 193 Å². The summed E-state index contributed by atoms with van der Waals surface area (Å²) in [6.07, 6.45) is 52.6. The van der Waals surface area contributed by atoms with Crippen LogP contribution in [-0.2, 0) is 65.4 Å². The number of rotatable bonds is 72. The number of phosphoric ester groups is 2. The van der Waals surface area contributed by atoms with Gasteiger partial charge in [0.2, 0.25) is 0 Å². The second-order valence-electron chi connectivity index (χ2n) is 26.5. The number of ether oxygens (including phenoxy) is 4. The Morgan fingerprint density at radius 2 is 0.505 bits per heavy atom. The summed E-state index contributed by atoms with van der Waals surface area (Å²) in [5.41, 5.74) is 0. The molecule has 540 valence electrons. The first-order valence-electron chi connectivity index (χ1n) is 37.6. The molecule has 0 spiro atoms. The van der Waals surface area contributed by atoms with Crippen molar-refractivity contribution in [3.05, 3.63) is 0 Å². The summed E-state index contributed by atoms with van der Waals surface area (Å²) in [6.45, 7) is 7.22. The summed E-state index contributed by atoms with van der Waals surface area (Å²) in [5, 5.41) is 10.6. The third-order valence-corrected chi connectivity index (χ3v) is 18.7. The van der Waals surface area contributed by atoms with Crippen molar-refractivity contribution in [1.82, 2.24) is 0 Å². The van der Waals surface area contributed by atoms with Crippen LogP contribution in [0.15, 0.2) is 0 Å². The van der Waals surface area contributed by atoms with Crippen LogP contribution in [-0.4, -0.2) is 96.7 Å². The van der Waals surface area contributed by atoms with Crippen molar-refractivity contribution >= 4 is 39.5 Å². The molecule has 0 aliphatic carbocycles. The summed E-state index contributed by atoms with van der Waals surface area (Å²) in [4.78, 5) is 72.6. The molecule has 0 amide bonds. The van der Waals surface area contributed by atoms with Crippen LogP contribution in [0.25, 0.3) is 0 Å². The number of aliphatic hydroxyl groups excluding tert-OH is 1. The highest BCUT2D eigenvalue weighted by atomic mass is 31.2. The number of carbonyl (C=O) groups excluding carboxylic acids is 4. The molecule has 0 saturated heterocycles. The van der Waals surface area contributed by atoms with Crippen LogP contribution in [0.1, 0.15) is 375 Å². The first kappa shape index (κ1) is 89.1. The number of unbranched alkanes of at least 4 members (excludes halogenated alkanes) is 44. The zero-order valence-electron chi connectivity index (χ0n) is 59.0. The molecule has 0 aromatic carbocycles. The average Bonchev–Trinajstić information content (AvgIpc) is 3.54. The Hall–Kier alpha value is -1.94. The molecule has 2 unspecified atom stereocenters. The predicted molar refractivity (Wildman–Crippen MR) is 368 cm³/mol. The fourth-order valence-corrected chi connectivity index (χ4v) is 12.6. The lowest BCUT2D eigenvalue weighted by Crippen LogP contribution is -2.30. The van der Waals surface area contributed by atoms with Gasteiger partial charge in [-0.3, -0.25) is 37.3 Å². The lowest BCUT2D eigenvalue weighted by atomic mass is 10.0. The van der Waals surface area contributed by atoms with E-state index in [9.17, 15) is 43.2 Å². The molecule has 0 aliphatic rings. The molecule has 0 heterocycles. The summed E-state index contributed by atoms with van der Waals surface area (Å²) in [5.74, 6) is -1.41. The summed E-state index contributed by atoms with van der Waals surface area (Å²) in [6, 6.07) is 0. The molecule has 91 heavy (non-hydrogen) atoms. The van der Waals surface area contributed by atoms with E-state index in [2.05, 4.69) is 34.6 Å². The number of hydrogen-bond donors (Lipinski definition) is 3. The van der Waals surface area contributed by atoms with Gasteiger partial charge in [-0.2, -0.15) is 0 Å². The minimum atomic E-state index is -4.95. The summed E-state index contributed by atoms with van der Waals surface area (Å²) < 4.78 is 68.4. The lowest BCUT2D eigenvalue weighted by Gasteiger charge is -2.21. The highest BCUT2D eigenvalue weighted by molar-refractivity contribution is 7.47. The van der Waals surface area contributed by atoms with Crippen molar-refractivity contribution < 1.29 is 80.2 Å². The second kappa shape index (κ2) is 65.4. The Morgan fingerprint density at radius 3 is 0.747 bits per heavy atom. The molecule has 3 N–H and O–H groups in total. The van der Waals surface area contributed by atoms with Crippen LogP contribution < -0.4 is 0 Å². The van der Waals surface area contributed by atoms with Crippen molar-refractivity contribution in [3.8, 4) is 0 Å². The third kappa shape index (κ3) is 66.5. The molecule has 19 heteroatoms. The third-order valence-electron chi connectivity index (χ3n) is 16.8. The van der Waals surface area contributed by atoms with Gasteiger partial charge in [0.15, 0.2) is 12.2 Å². The summed E-state index contributed by atoms with van der Waals surface area (Å²) in [7, 11) is -9.90. The first-order chi connectivity index (χ1) is 44.0. The van der Waals surface area contributed by atoms with Gasteiger partial charge in [-0.1, -0.05) is 324 Å². The van der Waals surface area contributed by atoms with Gasteiger partial charge in [0.05, 0.1) is 26.4 Å². The van der Waals surface area contributed by atoms with Crippen molar-refractivity contribution in [2.75, 3.05) is 39.6 Å². The second-order valence-corrected chi connectivity index (χ2v) is 29.4. The molecule has 0 bridgehead atoms. The smallest absolute Gasteiger partial charge is 0.462 e. The molecule has 0 radical (unpaired) electrons. The molecule has 17 nitrogen and oxygen atoms in total. The first-order valence-corrected chi connectivity index (χ1v) is 40.6. The Labute approximate surface area is 556 Å². The Morgan fingerprint density at radius 1 is 0.297 bits per heavy atom. The maximum absolute atomic E-state index is 13.0. The average molecular weight is 1340 g/mol.